The molecule has 1 heteroatoms. The monoisotopic (exact) mass is 153 g/mol. The van der Waals surface area contributed by atoms with Gasteiger partial charge in [0.2, 0.25) is 0 Å². The van der Waals surface area contributed by atoms with Crippen LogP contribution in [0.3, 0.4) is 0 Å². The molecular weight excluding hydrogens is 134 g/mol. The first-order chi connectivity index (χ1) is 5.24. The summed E-state index contributed by atoms with van der Waals surface area (Å²) in [5.74, 6) is 0.871. The third-order valence-electron chi connectivity index (χ3n) is 2.82. The van der Waals surface area contributed by atoms with Crippen LogP contribution in [-0.4, -0.2) is 25.0 Å². The third kappa shape index (κ3) is 2.33. The average molecular weight is 153 g/mol. The topological polar surface area (TPSA) is 3.24 Å². The summed E-state index contributed by atoms with van der Waals surface area (Å²) in [6, 6.07) is 0. The standard InChI is InChI=1S/C10H19N/c1-4-9(2)10-5-7-11(3)8-6-10/h4,10H,5-8H2,1-3H3/b9-4+. The molecular formula is C10H19N. The number of rotatable bonds is 1. The molecule has 0 aromatic rings. The summed E-state index contributed by atoms with van der Waals surface area (Å²) in [5.41, 5.74) is 1.58. The van der Waals surface area contributed by atoms with Crippen LogP contribution in [0.25, 0.3) is 0 Å². The minimum atomic E-state index is 0.871. The quantitative estimate of drug-likeness (QED) is 0.522. The van der Waals surface area contributed by atoms with E-state index in [9.17, 15) is 0 Å². The maximum atomic E-state index is 2.42. The van der Waals surface area contributed by atoms with E-state index >= 15 is 0 Å². The van der Waals surface area contributed by atoms with Crippen molar-refractivity contribution in [2.75, 3.05) is 20.1 Å². The molecule has 0 saturated carbocycles. The molecule has 64 valence electrons. The van der Waals surface area contributed by atoms with Crippen molar-refractivity contribution in [3.63, 3.8) is 0 Å². The Morgan fingerprint density at radius 2 is 1.91 bits per heavy atom. The van der Waals surface area contributed by atoms with Gasteiger partial charge in [-0.05, 0) is 52.7 Å². The van der Waals surface area contributed by atoms with Gasteiger partial charge in [-0.3, -0.25) is 0 Å². The van der Waals surface area contributed by atoms with Gasteiger partial charge in [0.1, 0.15) is 0 Å². The summed E-state index contributed by atoms with van der Waals surface area (Å²) < 4.78 is 0. The second-order valence-electron chi connectivity index (χ2n) is 3.61. The zero-order valence-electron chi connectivity index (χ0n) is 7.93. The highest BCUT2D eigenvalue weighted by Crippen LogP contribution is 2.22. The van der Waals surface area contributed by atoms with Gasteiger partial charge in [-0.15, -0.1) is 0 Å². The van der Waals surface area contributed by atoms with Crippen LogP contribution in [0, 0.1) is 5.92 Å². The number of piperidine rings is 1. The molecule has 1 nitrogen and oxygen atoms in total. The summed E-state index contributed by atoms with van der Waals surface area (Å²) in [7, 11) is 2.21. The fraction of sp³-hybridized carbons (Fsp3) is 0.800. The second-order valence-corrected chi connectivity index (χ2v) is 3.61. The number of hydrogen-bond acceptors (Lipinski definition) is 1. The van der Waals surface area contributed by atoms with Crippen LogP contribution < -0.4 is 0 Å². The molecule has 11 heavy (non-hydrogen) atoms. The zero-order valence-corrected chi connectivity index (χ0v) is 7.93. The molecule has 1 fully saturated rings. The van der Waals surface area contributed by atoms with Crippen molar-refractivity contribution in [3.8, 4) is 0 Å². The van der Waals surface area contributed by atoms with E-state index in [1.807, 2.05) is 0 Å². The Kier molecular flexibility index (Phi) is 3.13. The van der Waals surface area contributed by atoms with Crippen molar-refractivity contribution in [2.24, 2.45) is 5.92 Å². The van der Waals surface area contributed by atoms with E-state index in [0.717, 1.165) is 5.92 Å². The first-order valence-corrected chi connectivity index (χ1v) is 4.55. The van der Waals surface area contributed by atoms with Crippen molar-refractivity contribution in [3.05, 3.63) is 11.6 Å². The lowest BCUT2D eigenvalue weighted by atomic mass is 9.90. The van der Waals surface area contributed by atoms with Gasteiger partial charge in [0.25, 0.3) is 0 Å². The summed E-state index contributed by atoms with van der Waals surface area (Å²) in [4.78, 5) is 2.42. The van der Waals surface area contributed by atoms with E-state index in [2.05, 4.69) is 31.9 Å². The Labute approximate surface area is 70.1 Å². The summed E-state index contributed by atoms with van der Waals surface area (Å²) in [6.07, 6.45) is 4.97. The number of likely N-dealkylation sites (tertiary alicyclic amines) is 1. The molecule has 0 aromatic carbocycles. The normalized spacial score (nSPS) is 24.1. The van der Waals surface area contributed by atoms with Gasteiger partial charge in [0, 0.05) is 0 Å². The van der Waals surface area contributed by atoms with E-state index in [4.69, 9.17) is 0 Å². The van der Waals surface area contributed by atoms with Crippen molar-refractivity contribution in [1.29, 1.82) is 0 Å². The highest BCUT2D eigenvalue weighted by molar-refractivity contribution is 5.02. The molecule has 1 heterocycles. The van der Waals surface area contributed by atoms with Crippen molar-refractivity contribution in [1.82, 2.24) is 4.90 Å². The Balaban J connectivity index is 2.39. The predicted octanol–water partition coefficient (Wildman–Crippen LogP) is 2.29. The molecule has 0 radical (unpaired) electrons. The van der Waals surface area contributed by atoms with Gasteiger partial charge in [-0.1, -0.05) is 11.6 Å². The van der Waals surface area contributed by atoms with E-state index in [-0.39, 0.29) is 0 Å². The summed E-state index contributed by atoms with van der Waals surface area (Å²) in [5, 5.41) is 0. The predicted molar refractivity (Wildman–Crippen MR) is 49.7 cm³/mol. The Hall–Kier alpha value is -0.300. The molecule has 1 aliphatic heterocycles. The highest BCUT2D eigenvalue weighted by Gasteiger charge is 2.16. The lowest BCUT2D eigenvalue weighted by Crippen LogP contribution is -2.30. The SMILES string of the molecule is C/C=C(\C)C1CCN(C)CC1. The minimum absolute atomic E-state index is 0.871. The molecule has 1 saturated heterocycles. The first-order valence-electron chi connectivity index (χ1n) is 4.55. The van der Waals surface area contributed by atoms with Crippen LogP contribution in [0.15, 0.2) is 11.6 Å². The lowest BCUT2D eigenvalue weighted by molar-refractivity contribution is 0.238. The molecule has 1 rings (SSSR count). The van der Waals surface area contributed by atoms with E-state index < -0.39 is 0 Å². The van der Waals surface area contributed by atoms with Gasteiger partial charge in [0.05, 0.1) is 0 Å². The lowest BCUT2D eigenvalue weighted by Gasteiger charge is -2.29. The van der Waals surface area contributed by atoms with Crippen LogP contribution in [0.5, 0.6) is 0 Å². The smallest absolute Gasteiger partial charge is 0.00161 e. The fourth-order valence-electron chi connectivity index (χ4n) is 1.70. The molecule has 0 aliphatic carbocycles. The van der Waals surface area contributed by atoms with E-state index in [0.29, 0.717) is 0 Å². The van der Waals surface area contributed by atoms with Crippen LogP contribution in [0.2, 0.25) is 0 Å². The molecule has 0 atom stereocenters. The van der Waals surface area contributed by atoms with Crippen LogP contribution in [-0.2, 0) is 0 Å². The Morgan fingerprint density at radius 1 is 1.36 bits per heavy atom. The molecule has 0 spiro atoms. The van der Waals surface area contributed by atoms with Gasteiger partial charge < -0.3 is 4.90 Å². The van der Waals surface area contributed by atoms with Gasteiger partial charge in [-0.25, -0.2) is 0 Å². The largest absolute Gasteiger partial charge is 0.306 e. The number of nitrogens with zero attached hydrogens (tertiary/aromatic N) is 1. The van der Waals surface area contributed by atoms with Gasteiger partial charge in [0.15, 0.2) is 0 Å². The summed E-state index contributed by atoms with van der Waals surface area (Å²) >= 11 is 0. The van der Waals surface area contributed by atoms with Crippen molar-refractivity contribution in [2.45, 2.75) is 26.7 Å². The number of hydrogen-bond donors (Lipinski definition) is 0. The number of allylic oxidation sites excluding steroid dienone is 2. The van der Waals surface area contributed by atoms with Crippen molar-refractivity contribution < 1.29 is 0 Å². The molecule has 0 bridgehead atoms. The van der Waals surface area contributed by atoms with Crippen molar-refractivity contribution >= 4 is 0 Å². The highest BCUT2D eigenvalue weighted by atomic mass is 15.1. The average Bonchev–Trinajstić information content (AvgIpc) is 2.05. The maximum Gasteiger partial charge on any atom is -0.00161 e. The molecule has 0 aromatic heterocycles. The van der Waals surface area contributed by atoms with Crippen LogP contribution >= 0.6 is 0 Å². The van der Waals surface area contributed by atoms with E-state index in [1.165, 1.54) is 25.9 Å². The fourth-order valence-corrected chi connectivity index (χ4v) is 1.70. The Bertz CT molecular complexity index is 141. The van der Waals surface area contributed by atoms with Gasteiger partial charge in [-0.2, -0.15) is 0 Å². The third-order valence-corrected chi connectivity index (χ3v) is 2.82. The van der Waals surface area contributed by atoms with Gasteiger partial charge >= 0.3 is 0 Å². The molecule has 1 aliphatic rings. The summed E-state index contributed by atoms with van der Waals surface area (Å²) in [6.45, 7) is 6.95. The van der Waals surface area contributed by atoms with Crippen LogP contribution in [0.1, 0.15) is 26.7 Å². The first kappa shape index (κ1) is 8.79. The molecule has 0 amide bonds. The Morgan fingerprint density at radius 3 is 2.36 bits per heavy atom. The molecule has 0 N–H and O–H groups in total. The van der Waals surface area contributed by atoms with Crippen LogP contribution in [0.4, 0.5) is 0 Å². The zero-order chi connectivity index (χ0) is 8.27. The van der Waals surface area contributed by atoms with E-state index in [1.54, 1.807) is 5.57 Å². The second kappa shape index (κ2) is 3.91. The maximum absolute atomic E-state index is 2.42. The minimum Gasteiger partial charge on any atom is -0.306 e. The molecule has 0 unspecified atom stereocenters.